The molecule has 0 aromatic heterocycles. The normalized spacial score (nSPS) is 11.6. The zero-order chi connectivity index (χ0) is 10.1. The maximum atomic E-state index is 13.2. The minimum Gasteiger partial charge on any atom is -0.264 e. The van der Waals surface area contributed by atoms with Gasteiger partial charge in [-0.1, -0.05) is 6.07 Å². The average Bonchev–Trinajstić information content (AvgIpc) is 2.09. The molecule has 0 saturated heterocycles. The van der Waals surface area contributed by atoms with Crippen molar-refractivity contribution in [1.29, 1.82) is 0 Å². The lowest BCUT2D eigenvalue weighted by Gasteiger charge is -2.02. The van der Waals surface area contributed by atoms with Crippen LogP contribution < -0.4 is 0 Å². The first-order valence-corrected chi connectivity index (χ1v) is 5.32. The van der Waals surface area contributed by atoms with E-state index in [1.54, 1.807) is 0 Å². The van der Waals surface area contributed by atoms with Gasteiger partial charge in [0.2, 0.25) is 0 Å². The van der Waals surface area contributed by atoms with Crippen molar-refractivity contribution in [3.05, 3.63) is 35.6 Å². The second-order valence-electron chi connectivity index (χ2n) is 2.12. The molecule has 1 radical (unpaired) electrons. The molecule has 0 aliphatic carbocycles. The highest BCUT2D eigenvalue weighted by atomic mass is 79.9. The monoisotopic (exact) mass is 267 g/mol. The van der Waals surface area contributed by atoms with Gasteiger partial charge in [0.05, 0.1) is 11.6 Å². The Morgan fingerprint density at radius 1 is 1.46 bits per heavy atom. The van der Waals surface area contributed by atoms with Crippen LogP contribution in [0.3, 0.4) is 0 Å². The lowest BCUT2D eigenvalue weighted by Crippen LogP contribution is -2.04. The van der Waals surface area contributed by atoms with Crippen molar-refractivity contribution in [2.45, 2.75) is 4.90 Å². The Morgan fingerprint density at radius 2 is 2.08 bits per heavy atom. The Bertz CT molecular complexity index is 416. The van der Waals surface area contributed by atoms with Gasteiger partial charge in [-0.25, -0.2) is 4.39 Å². The topological polar surface area (TPSA) is 43.4 Å². The van der Waals surface area contributed by atoms with Gasteiger partial charge in [0.25, 0.3) is 10.1 Å². The Hall–Kier alpha value is -0.460. The van der Waals surface area contributed by atoms with Gasteiger partial charge in [0.15, 0.2) is 5.82 Å². The third-order valence-electron chi connectivity index (χ3n) is 1.34. The van der Waals surface area contributed by atoms with E-state index >= 15 is 0 Å². The summed E-state index contributed by atoms with van der Waals surface area (Å²) < 4.78 is 39.2. The first-order valence-electron chi connectivity index (χ1n) is 3.11. The molecular formula is C7H5BrFO3S. The van der Waals surface area contributed by atoms with Gasteiger partial charge >= 0.3 is 0 Å². The molecule has 13 heavy (non-hydrogen) atoms. The third kappa shape index (κ3) is 2.07. The summed E-state index contributed by atoms with van der Waals surface area (Å²) in [6.45, 7) is 0. The van der Waals surface area contributed by atoms with Crippen molar-refractivity contribution >= 4 is 26.0 Å². The van der Waals surface area contributed by atoms with Crippen molar-refractivity contribution in [3.8, 4) is 0 Å². The maximum absolute atomic E-state index is 13.2. The van der Waals surface area contributed by atoms with Crippen LogP contribution in [0.4, 0.5) is 4.39 Å². The predicted molar refractivity (Wildman–Crippen MR) is 47.7 cm³/mol. The zero-order valence-corrected chi connectivity index (χ0v) is 8.73. The molecule has 0 atom stereocenters. The molecule has 3 nitrogen and oxygen atoms in total. The number of benzene rings is 1. The summed E-state index contributed by atoms with van der Waals surface area (Å²) in [5.41, 5.74) is 0. The van der Waals surface area contributed by atoms with Gasteiger partial charge in [-0.05, 0) is 28.1 Å². The largest absolute Gasteiger partial charge is 0.300 e. The molecule has 0 aliphatic heterocycles. The van der Waals surface area contributed by atoms with E-state index in [2.05, 4.69) is 27.2 Å². The van der Waals surface area contributed by atoms with Crippen molar-refractivity contribution in [3.63, 3.8) is 0 Å². The fraction of sp³-hybridized carbons (Fsp3) is 0. The Morgan fingerprint density at radius 3 is 2.62 bits per heavy atom. The minimum atomic E-state index is -4.07. The van der Waals surface area contributed by atoms with E-state index in [9.17, 15) is 12.8 Å². The lowest BCUT2D eigenvalue weighted by atomic mass is 10.3. The highest BCUT2D eigenvalue weighted by molar-refractivity contribution is 9.10. The van der Waals surface area contributed by atoms with Gasteiger partial charge in [-0.2, -0.15) is 8.42 Å². The van der Waals surface area contributed by atoms with Crippen molar-refractivity contribution in [2.75, 3.05) is 0 Å². The summed E-state index contributed by atoms with van der Waals surface area (Å²) in [6.07, 6.45) is 0. The molecule has 0 heterocycles. The molecule has 0 aliphatic rings. The zero-order valence-electron chi connectivity index (χ0n) is 6.33. The van der Waals surface area contributed by atoms with Crippen LogP contribution in [0.1, 0.15) is 0 Å². The number of halogens is 2. The van der Waals surface area contributed by atoms with Crippen LogP contribution in [0, 0.1) is 12.9 Å². The second kappa shape index (κ2) is 3.73. The second-order valence-corrected chi connectivity index (χ2v) is 4.56. The van der Waals surface area contributed by atoms with E-state index in [1.807, 2.05) is 0 Å². The summed E-state index contributed by atoms with van der Waals surface area (Å²) in [5.74, 6) is -0.883. The molecule has 0 saturated carbocycles. The standard InChI is InChI=1S/C7H5BrFO3S/c1-12-13(10,11)6-4-2-3-5(8)7(6)9/h2-4H,1H2. The fourth-order valence-electron chi connectivity index (χ4n) is 0.741. The number of hydrogen-bond acceptors (Lipinski definition) is 3. The molecule has 0 fully saturated rings. The summed E-state index contributed by atoms with van der Waals surface area (Å²) in [4.78, 5) is -0.531. The highest BCUT2D eigenvalue weighted by Gasteiger charge is 2.19. The summed E-state index contributed by atoms with van der Waals surface area (Å²) in [7, 11) is -1.33. The minimum absolute atomic E-state index is 0.0608. The molecule has 0 unspecified atom stereocenters. The molecule has 0 N–H and O–H groups in total. The van der Waals surface area contributed by atoms with Crippen molar-refractivity contribution in [1.82, 2.24) is 0 Å². The molecule has 6 heteroatoms. The van der Waals surface area contributed by atoms with Gasteiger partial charge in [-0.15, -0.1) is 0 Å². The van der Waals surface area contributed by atoms with Crippen LogP contribution in [-0.2, 0) is 14.3 Å². The molecule has 1 aromatic rings. The first-order chi connectivity index (χ1) is 5.99. The maximum Gasteiger partial charge on any atom is 0.300 e. The van der Waals surface area contributed by atoms with E-state index in [0.717, 1.165) is 6.07 Å². The molecule has 0 amide bonds. The number of rotatable bonds is 2. The SMILES string of the molecule is [CH2]OS(=O)(=O)c1cccc(Br)c1F. The van der Waals surface area contributed by atoms with E-state index in [0.29, 0.717) is 0 Å². The van der Waals surface area contributed by atoms with Crippen LogP contribution in [0.15, 0.2) is 27.6 Å². The van der Waals surface area contributed by atoms with E-state index in [4.69, 9.17) is 0 Å². The Kier molecular flexibility index (Phi) is 3.05. The van der Waals surface area contributed by atoms with Gasteiger partial charge in [0.1, 0.15) is 4.90 Å². The third-order valence-corrected chi connectivity index (χ3v) is 3.12. The van der Waals surface area contributed by atoms with Crippen molar-refractivity contribution < 1.29 is 17.0 Å². The molecule has 0 spiro atoms. The van der Waals surface area contributed by atoms with E-state index in [1.165, 1.54) is 12.1 Å². The summed E-state index contributed by atoms with van der Waals surface area (Å²) >= 11 is 2.85. The molecule has 1 rings (SSSR count). The molecule has 0 bridgehead atoms. The van der Waals surface area contributed by atoms with Crippen LogP contribution in [0.25, 0.3) is 0 Å². The van der Waals surface area contributed by atoms with Crippen LogP contribution in [-0.4, -0.2) is 8.42 Å². The average molecular weight is 268 g/mol. The van der Waals surface area contributed by atoms with E-state index < -0.39 is 20.8 Å². The van der Waals surface area contributed by atoms with E-state index in [-0.39, 0.29) is 4.47 Å². The molecule has 1 aromatic carbocycles. The first kappa shape index (κ1) is 10.6. The van der Waals surface area contributed by atoms with Gasteiger partial charge in [-0.3, -0.25) is 4.18 Å². The van der Waals surface area contributed by atoms with Crippen molar-refractivity contribution in [2.24, 2.45) is 0 Å². The van der Waals surface area contributed by atoms with Crippen LogP contribution >= 0.6 is 15.9 Å². The van der Waals surface area contributed by atoms with Crippen LogP contribution in [0.2, 0.25) is 0 Å². The predicted octanol–water partition coefficient (Wildman–Crippen LogP) is 2.09. The van der Waals surface area contributed by atoms with Crippen LogP contribution in [0.5, 0.6) is 0 Å². The Balaban J connectivity index is 3.40. The highest BCUT2D eigenvalue weighted by Crippen LogP contribution is 2.23. The summed E-state index contributed by atoms with van der Waals surface area (Å²) in [5, 5.41) is 0. The van der Waals surface area contributed by atoms with Gasteiger partial charge in [0, 0.05) is 0 Å². The molecular weight excluding hydrogens is 263 g/mol. The fourth-order valence-corrected chi connectivity index (χ4v) is 1.94. The lowest BCUT2D eigenvalue weighted by molar-refractivity contribution is 0.431. The summed E-state index contributed by atoms with van der Waals surface area (Å²) in [6, 6.07) is 3.87. The Labute approximate surface area is 83.8 Å². The number of hydrogen-bond donors (Lipinski definition) is 0. The van der Waals surface area contributed by atoms with Gasteiger partial charge < -0.3 is 0 Å². The molecule has 71 valence electrons. The quantitative estimate of drug-likeness (QED) is 0.771. The smallest absolute Gasteiger partial charge is 0.264 e.